The molecule has 1 aromatic heterocycles. The van der Waals surface area contributed by atoms with Crippen molar-refractivity contribution in [2.75, 3.05) is 33.3 Å². The zero-order valence-corrected chi connectivity index (χ0v) is 22.7. The molecule has 8 nitrogen and oxygen atoms in total. The summed E-state index contributed by atoms with van der Waals surface area (Å²) in [6.07, 6.45) is 1.56. The van der Waals surface area contributed by atoms with E-state index in [9.17, 15) is 9.59 Å². The largest absolute Gasteiger partial charge is 0.496 e. The molecule has 1 N–H and O–H groups in total. The van der Waals surface area contributed by atoms with E-state index in [2.05, 4.69) is 25.8 Å². The number of Topliss-reactive ketones (excluding diaryl/α,β-unsaturated/α-hetero) is 1. The summed E-state index contributed by atoms with van der Waals surface area (Å²) in [6, 6.07) is 16.6. The van der Waals surface area contributed by atoms with Crippen LogP contribution in [0.2, 0.25) is 5.02 Å². The summed E-state index contributed by atoms with van der Waals surface area (Å²) in [7, 11) is 1.54. The van der Waals surface area contributed by atoms with E-state index in [1.165, 1.54) is 7.11 Å². The second kappa shape index (κ2) is 9.81. The quantitative estimate of drug-likeness (QED) is 0.240. The maximum absolute atomic E-state index is 13.3. The highest BCUT2D eigenvalue weighted by atomic mass is 79.9. The van der Waals surface area contributed by atoms with Crippen molar-refractivity contribution in [3.8, 4) is 17.2 Å². The van der Waals surface area contributed by atoms with Crippen LogP contribution in [-0.2, 0) is 4.79 Å². The Hall–Kier alpha value is -3.82. The third-order valence-electron chi connectivity index (χ3n) is 6.77. The van der Waals surface area contributed by atoms with Crippen molar-refractivity contribution in [1.82, 2.24) is 14.8 Å². The van der Waals surface area contributed by atoms with Gasteiger partial charge in [0.25, 0.3) is 11.7 Å². The molecule has 0 spiro atoms. The molecule has 1 saturated heterocycles. The summed E-state index contributed by atoms with van der Waals surface area (Å²) < 4.78 is 12.4. The molecule has 0 atom stereocenters. The molecule has 38 heavy (non-hydrogen) atoms. The maximum Gasteiger partial charge on any atom is 0.295 e. The summed E-state index contributed by atoms with van der Waals surface area (Å²) in [6.45, 7) is 1.72. The van der Waals surface area contributed by atoms with E-state index in [1.54, 1.807) is 23.2 Å². The van der Waals surface area contributed by atoms with Crippen molar-refractivity contribution < 1.29 is 19.1 Å². The van der Waals surface area contributed by atoms with E-state index in [4.69, 9.17) is 26.1 Å². The molecule has 2 aliphatic heterocycles. The maximum atomic E-state index is 13.3. The van der Waals surface area contributed by atoms with Gasteiger partial charge in [0.15, 0.2) is 5.75 Å². The van der Waals surface area contributed by atoms with Gasteiger partial charge in [-0.15, -0.1) is 0 Å². The van der Waals surface area contributed by atoms with E-state index in [0.717, 1.165) is 15.9 Å². The molecule has 6 rings (SSSR count). The lowest BCUT2D eigenvalue weighted by atomic mass is 10.1. The van der Waals surface area contributed by atoms with Gasteiger partial charge in [-0.2, -0.15) is 0 Å². The number of benzene rings is 3. The molecular weight excluding hydrogens is 572 g/mol. The molecule has 0 unspecified atom stereocenters. The van der Waals surface area contributed by atoms with E-state index in [-0.39, 0.29) is 5.56 Å². The molecule has 0 bridgehead atoms. The first-order chi connectivity index (χ1) is 18.4. The molecule has 4 aromatic rings. The number of hydrogen-bond donors (Lipinski definition) is 1. The Balaban J connectivity index is 1.25. The number of aromatic amines is 1. The topological polar surface area (TPSA) is 87.2 Å². The van der Waals surface area contributed by atoms with Crippen LogP contribution in [0.4, 0.5) is 5.69 Å². The van der Waals surface area contributed by atoms with Gasteiger partial charge in [-0.1, -0.05) is 23.7 Å². The van der Waals surface area contributed by atoms with Crippen LogP contribution in [0.15, 0.2) is 70.3 Å². The predicted molar refractivity (Wildman–Crippen MR) is 149 cm³/mol. The number of fused-ring (bicyclic) bond motifs is 3. The molecule has 1 fully saturated rings. The fourth-order valence-electron chi connectivity index (χ4n) is 4.85. The van der Waals surface area contributed by atoms with Gasteiger partial charge in [0.1, 0.15) is 23.0 Å². The van der Waals surface area contributed by atoms with Crippen molar-refractivity contribution in [3.05, 3.63) is 81.4 Å². The van der Waals surface area contributed by atoms with Crippen molar-refractivity contribution in [2.45, 2.75) is 0 Å². The molecule has 0 aliphatic carbocycles. The molecule has 3 aromatic carbocycles. The number of methoxy groups -OCH3 is 1. The average Bonchev–Trinajstić information content (AvgIpc) is 3.32. The summed E-state index contributed by atoms with van der Waals surface area (Å²) in [5.41, 5.74) is 2.48. The molecule has 2 aliphatic rings. The number of halogens is 2. The van der Waals surface area contributed by atoms with Crippen molar-refractivity contribution in [3.63, 3.8) is 0 Å². The number of nitrogens with zero attached hydrogens (tertiary/aromatic N) is 3. The van der Waals surface area contributed by atoms with Gasteiger partial charge in [0, 0.05) is 41.9 Å². The lowest BCUT2D eigenvalue weighted by molar-refractivity contribution is -0.127. The van der Waals surface area contributed by atoms with Crippen LogP contribution < -0.4 is 9.47 Å². The third kappa shape index (κ3) is 4.21. The minimum atomic E-state index is -0.577. The van der Waals surface area contributed by atoms with Crippen LogP contribution in [0.1, 0.15) is 15.9 Å². The van der Waals surface area contributed by atoms with Gasteiger partial charge in [-0.3, -0.25) is 9.59 Å². The van der Waals surface area contributed by atoms with Crippen LogP contribution in [0.5, 0.6) is 17.2 Å². The summed E-state index contributed by atoms with van der Waals surface area (Å²) in [5.74, 6) is 1.44. The average molecular weight is 594 g/mol. The molecule has 0 saturated carbocycles. The van der Waals surface area contributed by atoms with E-state index >= 15 is 0 Å². The number of ketones is 1. The second-order valence-electron chi connectivity index (χ2n) is 8.96. The zero-order valence-electron chi connectivity index (χ0n) is 20.3. The molecule has 0 radical (unpaired) electrons. The highest BCUT2D eigenvalue weighted by molar-refractivity contribution is 9.10. The number of carbonyl (C=O) groups excluding carboxylic acids is 2. The Bertz CT molecular complexity index is 1620. The Morgan fingerprint density at radius 3 is 2.63 bits per heavy atom. The SMILES string of the molecule is COc1ccc(Br)c2[nH]cc(C(=O)C(=O)N3CCN(C4=Nc5ccccc5Oc5ccc(Cl)cc54)CC3)c12. The van der Waals surface area contributed by atoms with Gasteiger partial charge < -0.3 is 24.3 Å². The van der Waals surface area contributed by atoms with E-state index in [1.807, 2.05) is 42.5 Å². The molecule has 1 amide bonds. The number of hydrogen-bond acceptors (Lipinski definition) is 6. The van der Waals surface area contributed by atoms with Gasteiger partial charge in [0.05, 0.1) is 29.1 Å². The second-order valence-corrected chi connectivity index (χ2v) is 10.2. The van der Waals surface area contributed by atoms with Gasteiger partial charge >= 0.3 is 0 Å². The number of para-hydroxylation sites is 2. The van der Waals surface area contributed by atoms with Crippen LogP contribution in [0.3, 0.4) is 0 Å². The Kier molecular flexibility index (Phi) is 6.33. The number of ether oxygens (including phenoxy) is 2. The van der Waals surface area contributed by atoms with Crippen LogP contribution in [-0.4, -0.2) is 65.6 Å². The number of aliphatic imine (C=N–C) groups is 1. The molecule has 3 heterocycles. The number of aromatic nitrogens is 1. The zero-order chi connectivity index (χ0) is 26.4. The molecule has 10 heteroatoms. The number of H-pyrrole nitrogens is 1. The molecule has 192 valence electrons. The monoisotopic (exact) mass is 592 g/mol. The highest BCUT2D eigenvalue weighted by Crippen LogP contribution is 2.39. The third-order valence-corrected chi connectivity index (χ3v) is 7.66. The summed E-state index contributed by atoms with van der Waals surface area (Å²) in [5, 5.41) is 1.16. The standard InChI is InChI=1S/C28H22BrClN4O4/c1-37-23-9-7-19(29)25-24(23)18(15-31-25)26(35)28(36)34-12-10-33(11-13-34)27-17-14-16(30)6-8-21(17)38-22-5-3-2-4-20(22)32-27/h2-9,14-15,31H,10-13H2,1H3. The normalized spacial score (nSPS) is 14.8. The first-order valence-corrected chi connectivity index (χ1v) is 13.2. The van der Waals surface area contributed by atoms with Crippen LogP contribution >= 0.6 is 27.5 Å². The predicted octanol–water partition coefficient (Wildman–Crippen LogP) is 5.80. The van der Waals surface area contributed by atoms with Gasteiger partial charge in [-0.25, -0.2) is 4.99 Å². The lowest BCUT2D eigenvalue weighted by Gasteiger charge is -2.36. The van der Waals surface area contributed by atoms with Gasteiger partial charge in [-0.05, 0) is 58.4 Å². The number of rotatable bonds is 3. The fourth-order valence-corrected chi connectivity index (χ4v) is 5.47. The summed E-state index contributed by atoms with van der Waals surface area (Å²) >= 11 is 9.82. The first-order valence-electron chi connectivity index (χ1n) is 12.0. The smallest absolute Gasteiger partial charge is 0.295 e. The van der Waals surface area contributed by atoms with Crippen LogP contribution in [0.25, 0.3) is 10.9 Å². The number of carbonyl (C=O) groups is 2. The Labute approximate surface area is 231 Å². The fraction of sp³-hybridized carbons (Fsp3) is 0.179. The van der Waals surface area contributed by atoms with E-state index < -0.39 is 11.7 Å². The lowest BCUT2D eigenvalue weighted by Crippen LogP contribution is -2.52. The summed E-state index contributed by atoms with van der Waals surface area (Å²) in [4.78, 5) is 38.3. The number of piperazine rings is 1. The molecular formula is C28H22BrClN4O4. The Morgan fingerprint density at radius 2 is 1.84 bits per heavy atom. The first kappa shape index (κ1) is 24.5. The minimum Gasteiger partial charge on any atom is -0.496 e. The number of amidine groups is 1. The van der Waals surface area contributed by atoms with Crippen molar-refractivity contribution in [2.24, 2.45) is 4.99 Å². The highest BCUT2D eigenvalue weighted by Gasteiger charge is 2.32. The van der Waals surface area contributed by atoms with Gasteiger partial charge in [0.2, 0.25) is 0 Å². The van der Waals surface area contributed by atoms with Crippen LogP contribution in [0, 0.1) is 0 Å². The van der Waals surface area contributed by atoms with Crippen molar-refractivity contribution in [1.29, 1.82) is 0 Å². The van der Waals surface area contributed by atoms with Crippen molar-refractivity contribution >= 4 is 61.6 Å². The number of amides is 1. The number of nitrogens with one attached hydrogen (secondary N) is 1. The Morgan fingerprint density at radius 1 is 1.05 bits per heavy atom. The minimum absolute atomic E-state index is 0.288. The van der Waals surface area contributed by atoms with E-state index in [0.29, 0.717) is 65.0 Å².